The van der Waals surface area contributed by atoms with E-state index in [4.69, 9.17) is 10.5 Å². The fraction of sp³-hybridized carbons (Fsp3) is 0.273. The first kappa shape index (κ1) is 13.5. The molecule has 0 aliphatic heterocycles. The quantitative estimate of drug-likeness (QED) is 0.676. The minimum atomic E-state index is 0.715. The van der Waals surface area contributed by atoms with E-state index in [0.29, 0.717) is 5.69 Å². The predicted molar refractivity (Wildman–Crippen MR) is 78.7 cm³/mol. The van der Waals surface area contributed by atoms with E-state index >= 15 is 0 Å². The molecule has 96 valence electrons. The number of rotatable bonds is 5. The third-order valence-electron chi connectivity index (χ3n) is 2.15. The van der Waals surface area contributed by atoms with Crippen molar-refractivity contribution in [1.82, 2.24) is 10.2 Å². The first-order valence-corrected chi connectivity index (χ1v) is 8.17. The van der Waals surface area contributed by atoms with Gasteiger partial charge in [0.2, 0.25) is 0 Å². The van der Waals surface area contributed by atoms with Gasteiger partial charge in [-0.15, -0.1) is 10.2 Å². The van der Waals surface area contributed by atoms with Gasteiger partial charge >= 0.3 is 0 Å². The van der Waals surface area contributed by atoms with E-state index in [2.05, 4.69) is 10.2 Å². The standard InChI is InChI=1S/C11H13N3OS3/c1-15-9-4-7(3-8(12)5-9)6-17-11-14-13-10(16-2)18-11/h3-5H,6,12H2,1-2H3. The highest BCUT2D eigenvalue weighted by Gasteiger charge is 2.05. The maximum atomic E-state index is 5.81. The molecule has 2 rings (SSSR count). The van der Waals surface area contributed by atoms with E-state index in [1.807, 2.05) is 24.5 Å². The van der Waals surface area contributed by atoms with Crippen molar-refractivity contribution in [3.63, 3.8) is 0 Å². The van der Waals surface area contributed by atoms with E-state index < -0.39 is 0 Å². The average Bonchev–Trinajstić information content (AvgIpc) is 2.83. The lowest BCUT2D eigenvalue weighted by atomic mass is 10.2. The predicted octanol–water partition coefficient (Wildman–Crippen LogP) is 3.14. The number of hydrogen-bond acceptors (Lipinski definition) is 7. The number of thioether (sulfide) groups is 2. The van der Waals surface area contributed by atoms with Gasteiger partial charge in [-0.3, -0.25) is 0 Å². The molecule has 0 aliphatic carbocycles. The zero-order valence-corrected chi connectivity index (χ0v) is 12.5. The van der Waals surface area contributed by atoms with Crippen LogP contribution in [0.5, 0.6) is 5.75 Å². The highest BCUT2D eigenvalue weighted by molar-refractivity contribution is 8.02. The number of anilines is 1. The Morgan fingerprint density at radius 3 is 2.72 bits per heavy atom. The van der Waals surface area contributed by atoms with Crippen molar-refractivity contribution in [3.05, 3.63) is 23.8 Å². The van der Waals surface area contributed by atoms with Crippen LogP contribution in [0.1, 0.15) is 5.56 Å². The number of methoxy groups -OCH3 is 1. The minimum absolute atomic E-state index is 0.715. The Balaban J connectivity index is 2.03. The summed E-state index contributed by atoms with van der Waals surface area (Å²) in [6, 6.07) is 5.75. The van der Waals surface area contributed by atoms with E-state index in [9.17, 15) is 0 Å². The molecule has 1 aromatic heterocycles. The van der Waals surface area contributed by atoms with Crippen molar-refractivity contribution in [1.29, 1.82) is 0 Å². The van der Waals surface area contributed by atoms with Crippen LogP contribution < -0.4 is 10.5 Å². The molecule has 0 saturated heterocycles. The minimum Gasteiger partial charge on any atom is -0.497 e. The summed E-state index contributed by atoms with van der Waals surface area (Å²) in [5.41, 5.74) is 7.65. The number of aromatic nitrogens is 2. The highest BCUT2D eigenvalue weighted by Crippen LogP contribution is 2.30. The molecule has 0 unspecified atom stereocenters. The summed E-state index contributed by atoms with van der Waals surface area (Å²) >= 11 is 4.88. The molecular weight excluding hydrogens is 286 g/mol. The van der Waals surface area contributed by atoms with E-state index in [0.717, 1.165) is 25.7 Å². The monoisotopic (exact) mass is 299 g/mol. The molecule has 0 atom stereocenters. The normalized spacial score (nSPS) is 10.6. The van der Waals surface area contributed by atoms with Crippen molar-refractivity contribution in [3.8, 4) is 5.75 Å². The van der Waals surface area contributed by atoms with Gasteiger partial charge in [-0.1, -0.05) is 34.9 Å². The lowest BCUT2D eigenvalue weighted by molar-refractivity contribution is 0.414. The van der Waals surface area contributed by atoms with Gasteiger partial charge in [-0.25, -0.2) is 0 Å². The first-order chi connectivity index (χ1) is 8.71. The maximum absolute atomic E-state index is 5.81. The zero-order chi connectivity index (χ0) is 13.0. The van der Waals surface area contributed by atoms with Crippen LogP contribution in [0.15, 0.2) is 26.9 Å². The van der Waals surface area contributed by atoms with Gasteiger partial charge in [0.1, 0.15) is 5.75 Å². The molecule has 1 aromatic carbocycles. The Bertz CT molecular complexity index is 530. The van der Waals surface area contributed by atoms with E-state index in [-0.39, 0.29) is 0 Å². The molecule has 0 spiro atoms. The Morgan fingerprint density at radius 1 is 1.28 bits per heavy atom. The number of benzene rings is 1. The molecule has 4 nitrogen and oxygen atoms in total. The van der Waals surface area contributed by atoms with Crippen LogP contribution in [0.4, 0.5) is 5.69 Å². The summed E-state index contributed by atoms with van der Waals surface area (Å²) in [6.07, 6.45) is 2.00. The van der Waals surface area contributed by atoms with Gasteiger partial charge in [0.15, 0.2) is 8.68 Å². The van der Waals surface area contributed by atoms with Crippen LogP contribution in [0.2, 0.25) is 0 Å². The summed E-state index contributed by atoms with van der Waals surface area (Å²) in [5.74, 6) is 1.59. The van der Waals surface area contributed by atoms with Gasteiger partial charge in [0.25, 0.3) is 0 Å². The maximum Gasteiger partial charge on any atom is 0.175 e. The molecule has 0 aliphatic rings. The molecule has 7 heteroatoms. The Labute approximate surface area is 118 Å². The lowest BCUT2D eigenvalue weighted by Gasteiger charge is -2.05. The second kappa shape index (κ2) is 6.31. The van der Waals surface area contributed by atoms with Gasteiger partial charge in [-0.05, 0) is 24.0 Å². The van der Waals surface area contributed by atoms with Gasteiger partial charge < -0.3 is 10.5 Å². The third kappa shape index (κ3) is 3.54. The van der Waals surface area contributed by atoms with Gasteiger partial charge in [0, 0.05) is 17.5 Å². The molecule has 2 aromatic rings. The van der Waals surface area contributed by atoms with Crippen LogP contribution in [-0.2, 0) is 5.75 Å². The molecule has 18 heavy (non-hydrogen) atoms. The summed E-state index contributed by atoms with van der Waals surface area (Å²) in [4.78, 5) is 0. The highest BCUT2D eigenvalue weighted by atomic mass is 32.2. The second-order valence-electron chi connectivity index (χ2n) is 3.44. The van der Waals surface area contributed by atoms with Crippen LogP contribution in [0, 0.1) is 0 Å². The van der Waals surface area contributed by atoms with E-state index in [1.165, 1.54) is 0 Å². The Hall–Kier alpha value is -0.920. The molecular formula is C11H13N3OS3. The summed E-state index contributed by atoms with van der Waals surface area (Å²) in [6.45, 7) is 0. The van der Waals surface area contributed by atoms with Crippen LogP contribution in [0.25, 0.3) is 0 Å². The number of nitrogen functional groups attached to an aromatic ring is 1. The fourth-order valence-electron chi connectivity index (χ4n) is 1.37. The van der Waals surface area contributed by atoms with Crippen molar-refractivity contribution >= 4 is 40.5 Å². The zero-order valence-electron chi connectivity index (χ0n) is 10.0. The largest absolute Gasteiger partial charge is 0.497 e. The Morgan fingerprint density at radius 2 is 2.06 bits per heavy atom. The van der Waals surface area contributed by atoms with Crippen LogP contribution >= 0.6 is 34.9 Å². The van der Waals surface area contributed by atoms with Crippen molar-refractivity contribution < 1.29 is 4.74 Å². The van der Waals surface area contributed by atoms with E-state index in [1.54, 1.807) is 42.0 Å². The SMILES string of the molecule is COc1cc(N)cc(CSc2nnc(SC)s2)c1. The molecule has 2 N–H and O–H groups in total. The molecule has 0 fully saturated rings. The molecule has 0 saturated carbocycles. The summed E-state index contributed by atoms with van der Waals surface area (Å²) in [7, 11) is 1.64. The second-order valence-corrected chi connectivity index (χ2v) is 6.69. The number of ether oxygens (including phenoxy) is 1. The van der Waals surface area contributed by atoms with Gasteiger partial charge in [-0.2, -0.15) is 0 Å². The third-order valence-corrected chi connectivity index (χ3v) is 5.25. The van der Waals surface area contributed by atoms with Crippen LogP contribution in [-0.4, -0.2) is 23.6 Å². The van der Waals surface area contributed by atoms with Crippen molar-refractivity contribution in [2.45, 2.75) is 14.4 Å². The fourth-order valence-corrected chi connectivity index (χ4v) is 3.74. The molecule has 0 bridgehead atoms. The van der Waals surface area contributed by atoms with Gasteiger partial charge in [0.05, 0.1) is 7.11 Å². The molecule has 1 heterocycles. The average molecular weight is 299 g/mol. The lowest BCUT2D eigenvalue weighted by Crippen LogP contribution is -1.91. The van der Waals surface area contributed by atoms with Crippen molar-refractivity contribution in [2.24, 2.45) is 0 Å². The summed E-state index contributed by atoms with van der Waals surface area (Å²) < 4.78 is 7.15. The summed E-state index contributed by atoms with van der Waals surface area (Å²) in [5, 5.41) is 8.17. The molecule has 0 radical (unpaired) electrons. The van der Waals surface area contributed by atoms with Crippen molar-refractivity contribution in [2.75, 3.05) is 19.1 Å². The van der Waals surface area contributed by atoms with Crippen LogP contribution in [0.3, 0.4) is 0 Å². The smallest absolute Gasteiger partial charge is 0.175 e. The topological polar surface area (TPSA) is 61.0 Å². The number of nitrogens with two attached hydrogens (primary N) is 1. The number of nitrogens with zero attached hydrogens (tertiary/aromatic N) is 2. The Kier molecular flexibility index (Phi) is 4.73. The first-order valence-electron chi connectivity index (χ1n) is 5.15. The number of hydrogen-bond donors (Lipinski definition) is 1. The molecule has 0 amide bonds.